The van der Waals surface area contributed by atoms with Crippen LogP contribution in [0.25, 0.3) is 0 Å². The number of halogens is 2. The highest BCUT2D eigenvalue weighted by Gasteiger charge is 2.44. The molecule has 0 atom stereocenters. The second-order valence-corrected chi connectivity index (χ2v) is 9.36. The fourth-order valence-electron chi connectivity index (χ4n) is 3.51. The molecule has 0 spiro atoms. The number of sulfonamides is 1. The van der Waals surface area contributed by atoms with E-state index in [4.69, 9.17) is 27.7 Å². The Labute approximate surface area is 175 Å². The fraction of sp³-hybridized carbons (Fsp3) is 0.556. The van der Waals surface area contributed by atoms with Crippen LogP contribution in [0.2, 0.25) is 10.0 Å². The summed E-state index contributed by atoms with van der Waals surface area (Å²) in [5.41, 5.74) is -0.907. The number of aromatic nitrogens is 2. The largest absolute Gasteiger partial charge is 0.338 e. The van der Waals surface area contributed by atoms with Crippen molar-refractivity contribution in [3.05, 3.63) is 40.0 Å². The van der Waals surface area contributed by atoms with E-state index in [9.17, 15) is 8.42 Å². The Bertz CT molecular complexity index is 923. The smallest absolute Gasteiger partial charge is 0.243 e. The predicted octanol–water partition coefficient (Wildman–Crippen LogP) is 3.97. The first-order valence-electron chi connectivity index (χ1n) is 9.34. The van der Waals surface area contributed by atoms with Gasteiger partial charge in [-0.25, -0.2) is 8.42 Å². The van der Waals surface area contributed by atoms with Crippen LogP contribution in [0.4, 0.5) is 0 Å². The Morgan fingerprint density at radius 3 is 2.54 bits per heavy atom. The summed E-state index contributed by atoms with van der Waals surface area (Å²) in [6.45, 7) is 6.37. The van der Waals surface area contributed by atoms with E-state index in [0.717, 1.165) is 25.9 Å². The van der Waals surface area contributed by atoms with Crippen molar-refractivity contribution in [2.24, 2.45) is 0 Å². The predicted molar refractivity (Wildman–Crippen MR) is 108 cm³/mol. The third kappa shape index (κ3) is 4.36. The van der Waals surface area contributed by atoms with Crippen molar-refractivity contribution in [1.29, 1.82) is 0 Å². The van der Waals surface area contributed by atoms with E-state index in [2.05, 4.69) is 33.6 Å². The van der Waals surface area contributed by atoms with Crippen molar-refractivity contribution in [1.82, 2.24) is 19.8 Å². The molecule has 0 unspecified atom stereocenters. The van der Waals surface area contributed by atoms with E-state index >= 15 is 0 Å². The van der Waals surface area contributed by atoms with Gasteiger partial charge in [0.05, 0.1) is 22.1 Å². The van der Waals surface area contributed by atoms with Crippen LogP contribution in [0.15, 0.2) is 27.6 Å². The van der Waals surface area contributed by atoms with Gasteiger partial charge in [0.15, 0.2) is 5.82 Å². The monoisotopic (exact) mass is 446 g/mol. The van der Waals surface area contributed by atoms with Crippen LogP contribution in [0.1, 0.15) is 51.2 Å². The molecule has 1 aromatic heterocycles. The van der Waals surface area contributed by atoms with Gasteiger partial charge in [-0.1, -0.05) is 61.1 Å². The molecule has 0 amide bonds. The van der Waals surface area contributed by atoms with Crippen LogP contribution < -0.4 is 4.72 Å². The first kappa shape index (κ1) is 21.5. The lowest BCUT2D eigenvalue weighted by Crippen LogP contribution is -2.44. The van der Waals surface area contributed by atoms with Gasteiger partial charge in [-0.15, -0.1) is 0 Å². The summed E-state index contributed by atoms with van der Waals surface area (Å²) in [5.74, 6) is 0.846. The van der Waals surface area contributed by atoms with Crippen molar-refractivity contribution >= 4 is 33.2 Å². The number of hydrogen-bond acceptors (Lipinski definition) is 6. The molecule has 0 bridgehead atoms. The number of hydrogen-bond donors (Lipinski definition) is 1. The highest BCUT2D eigenvalue weighted by Crippen LogP contribution is 2.39. The van der Waals surface area contributed by atoms with Crippen molar-refractivity contribution in [2.45, 2.75) is 56.5 Å². The second-order valence-electron chi connectivity index (χ2n) is 6.92. The molecule has 7 nitrogen and oxygen atoms in total. The van der Waals surface area contributed by atoms with Crippen LogP contribution in [0.5, 0.6) is 0 Å². The number of rotatable bonds is 8. The lowest BCUT2D eigenvalue weighted by Gasteiger charge is -2.26. The van der Waals surface area contributed by atoms with Crippen LogP contribution in [0, 0.1) is 0 Å². The molecule has 154 valence electrons. The van der Waals surface area contributed by atoms with Gasteiger partial charge in [-0.05, 0) is 38.1 Å². The van der Waals surface area contributed by atoms with Crippen LogP contribution in [-0.4, -0.2) is 36.5 Å². The van der Waals surface area contributed by atoms with Crippen molar-refractivity contribution in [3.8, 4) is 0 Å². The zero-order chi connectivity index (χ0) is 20.4. The molecule has 10 heteroatoms. The van der Waals surface area contributed by atoms with E-state index in [1.807, 2.05) is 0 Å². The minimum Gasteiger partial charge on any atom is -0.338 e. The Morgan fingerprint density at radius 2 is 1.89 bits per heavy atom. The molecule has 0 aliphatic heterocycles. The zero-order valence-electron chi connectivity index (χ0n) is 15.9. The number of benzene rings is 1. The minimum atomic E-state index is -3.93. The molecule has 1 aromatic carbocycles. The normalized spacial score (nSPS) is 16.8. The average molecular weight is 447 g/mol. The lowest BCUT2D eigenvalue weighted by molar-refractivity contribution is 0.244. The molecule has 1 saturated carbocycles. The summed E-state index contributed by atoms with van der Waals surface area (Å²) in [6, 6.07) is 4.54. The van der Waals surface area contributed by atoms with Gasteiger partial charge in [-0.3, -0.25) is 4.90 Å². The lowest BCUT2D eigenvalue weighted by atomic mass is 9.98. The molecule has 1 heterocycles. The van der Waals surface area contributed by atoms with Gasteiger partial charge in [0.2, 0.25) is 15.9 Å². The van der Waals surface area contributed by atoms with E-state index < -0.39 is 15.6 Å². The molecule has 1 aliphatic rings. The molecule has 3 rings (SSSR count). The Kier molecular flexibility index (Phi) is 6.66. The number of nitrogens with one attached hydrogen (secondary N) is 1. The maximum Gasteiger partial charge on any atom is 0.243 e. The summed E-state index contributed by atoms with van der Waals surface area (Å²) < 4.78 is 34.3. The van der Waals surface area contributed by atoms with Crippen LogP contribution in [0.3, 0.4) is 0 Å². The first-order valence-corrected chi connectivity index (χ1v) is 11.6. The van der Waals surface area contributed by atoms with E-state index in [1.54, 1.807) is 12.1 Å². The third-order valence-corrected chi connectivity index (χ3v) is 7.65. The molecule has 28 heavy (non-hydrogen) atoms. The van der Waals surface area contributed by atoms with E-state index in [-0.39, 0.29) is 14.9 Å². The highest BCUT2D eigenvalue weighted by molar-refractivity contribution is 7.89. The Morgan fingerprint density at radius 1 is 1.21 bits per heavy atom. The van der Waals surface area contributed by atoms with Crippen molar-refractivity contribution in [2.75, 3.05) is 13.1 Å². The minimum absolute atomic E-state index is 0.000137. The second kappa shape index (κ2) is 8.67. The van der Waals surface area contributed by atoms with Gasteiger partial charge in [0.1, 0.15) is 4.90 Å². The van der Waals surface area contributed by atoms with Crippen molar-refractivity contribution in [3.63, 3.8) is 0 Å². The number of nitrogens with zero attached hydrogens (tertiary/aromatic N) is 3. The van der Waals surface area contributed by atoms with Gasteiger partial charge in [0, 0.05) is 0 Å². The molecular weight excluding hydrogens is 423 g/mol. The van der Waals surface area contributed by atoms with Crippen molar-refractivity contribution < 1.29 is 12.9 Å². The maximum atomic E-state index is 13.1. The Hall–Kier alpha value is -1.19. The van der Waals surface area contributed by atoms with Gasteiger partial charge >= 0.3 is 0 Å². The topological polar surface area (TPSA) is 88.3 Å². The first-order chi connectivity index (χ1) is 13.3. The summed E-state index contributed by atoms with van der Waals surface area (Å²) in [6.07, 6.45) is 2.92. The fourth-order valence-corrected chi connectivity index (χ4v) is 5.69. The summed E-state index contributed by atoms with van der Waals surface area (Å²) in [5, 5.41) is 4.30. The van der Waals surface area contributed by atoms with Gasteiger partial charge < -0.3 is 4.52 Å². The van der Waals surface area contributed by atoms with Gasteiger partial charge in [0.25, 0.3) is 0 Å². The quantitative estimate of drug-likeness (QED) is 0.659. The van der Waals surface area contributed by atoms with E-state index in [0.29, 0.717) is 31.1 Å². The van der Waals surface area contributed by atoms with Gasteiger partial charge in [-0.2, -0.15) is 9.71 Å². The summed E-state index contributed by atoms with van der Waals surface area (Å²) >= 11 is 12.1. The van der Waals surface area contributed by atoms with Crippen LogP contribution >= 0.6 is 23.2 Å². The van der Waals surface area contributed by atoms with Crippen LogP contribution in [-0.2, 0) is 22.1 Å². The molecule has 1 N–H and O–H groups in total. The third-order valence-electron chi connectivity index (χ3n) is 5.14. The molecule has 1 aliphatic carbocycles. The molecule has 0 radical (unpaired) electrons. The average Bonchev–Trinajstić information content (AvgIpc) is 3.31. The zero-order valence-corrected chi connectivity index (χ0v) is 18.2. The molecular formula is C18H24Cl2N4O3S. The standard InChI is InChI=1S/C18H24Cl2N4O3S/c1-3-24(4-2)12-15-21-17(22-27-15)18(10-5-6-11-18)23-28(25,26)14-9-7-8-13(19)16(14)20/h7-9,23H,3-6,10-12H2,1-2H3. The summed E-state index contributed by atoms with van der Waals surface area (Å²) in [7, 11) is -3.93. The summed E-state index contributed by atoms with van der Waals surface area (Å²) in [4.78, 5) is 6.60. The molecule has 1 fully saturated rings. The SMILES string of the molecule is CCN(CC)Cc1nc(C2(NS(=O)(=O)c3cccc(Cl)c3Cl)CCCC2)no1. The highest BCUT2D eigenvalue weighted by atomic mass is 35.5. The molecule has 0 saturated heterocycles. The maximum absolute atomic E-state index is 13.1. The molecule has 2 aromatic rings. The van der Waals surface area contributed by atoms with E-state index in [1.165, 1.54) is 6.07 Å². The Balaban J connectivity index is 1.91.